The second-order valence-corrected chi connectivity index (χ2v) is 4.17. The molecule has 5 heteroatoms. The lowest BCUT2D eigenvalue weighted by atomic mass is 10.2. The van der Waals surface area contributed by atoms with E-state index >= 15 is 0 Å². The Hall–Kier alpha value is -1.05. The predicted molar refractivity (Wildman–Crippen MR) is 59.6 cm³/mol. The molecule has 82 valence electrons. The van der Waals surface area contributed by atoms with Gasteiger partial charge in [-0.2, -0.15) is 10.4 Å². The maximum Gasteiger partial charge on any atom is 0.115 e. The number of halogens is 1. The first-order valence-corrected chi connectivity index (χ1v) is 5.26. The van der Waals surface area contributed by atoms with Crippen LogP contribution in [0.4, 0.5) is 0 Å². The Balaban J connectivity index is 2.68. The van der Waals surface area contributed by atoms with E-state index in [1.54, 1.807) is 10.9 Å². The molecule has 0 saturated heterocycles. The lowest BCUT2D eigenvalue weighted by molar-refractivity contribution is 0.451. The molecule has 15 heavy (non-hydrogen) atoms. The average Bonchev–Trinajstić information content (AvgIpc) is 2.48. The van der Waals surface area contributed by atoms with Gasteiger partial charge in [-0.05, 0) is 20.8 Å². The minimum absolute atomic E-state index is 0.236. The highest BCUT2D eigenvalue weighted by Gasteiger charge is 2.12. The van der Waals surface area contributed by atoms with Crippen molar-refractivity contribution in [2.45, 2.75) is 39.4 Å². The fourth-order valence-electron chi connectivity index (χ4n) is 1.31. The number of hydrogen-bond acceptors (Lipinski definition) is 3. The molecular weight excluding hydrogens is 212 g/mol. The van der Waals surface area contributed by atoms with E-state index in [1.165, 1.54) is 0 Å². The van der Waals surface area contributed by atoms with Crippen molar-refractivity contribution in [1.29, 1.82) is 5.26 Å². The Kier molecular flexibility index (Phi) is 4.13. The first kappa shape index (κ1) is 12.0. The zero-order valence-electron chi connectivity index (χ0n) is 9.16. The maximum atomic E-state index is 8.95. The third-order valence-electron chi connectivity index (χ3n) is 2.09. The minimum atomic E-state index is -0.236. The molecule has 1 unspecified atom stereocenters. The predicted octanol–water partition coefficient (Wildman–Crippen LogP) is 1.74. The van der Waals surface area contributed by atoms with Crippen LogP contribution in [0.2, 0.25) is 5.02 Å². The fourth-order valence-corrected chi connectivity index (χ4v) is 1.46. The molecule has 1 heterocycles. The van der Waals surface area contributed by atoms with E-state index in [2.05, 4.69) is 16.5 Å². The van der Waals surface area contributed by atoms with Gasteiger partial charge in [0.15, 0.2) is 0 Å². The van der Waals surface area contributed by atoms with Gasteiger partial charge in [-0.3, -0.25) is 10.00 Å². The summed E-state index contributed by atoms with van der Waals surface area (Å²) in [6.07, 6.45) is 1.60. The Morgan fingerprint density at radius 1 is 1.67 bits per heavy atom. The molecule has 0 amide bonds. The molecule has 0 aromatic carbocycles. The molecule has 0 fully saturated rings. The Morgan fingerprint density at radius 3 is 2.73 bits per heavy atom. The van der Waals surface area contributed by atoms with Crippen molar-refractivity contribution in [1.82, 2.24) is 15.1 Å². The molecule has 1 aromatic heterocycles. The molecule has 0 aliphatic carbocycles. The highest BCUT2D eigenvalue weighted by Crippen LogP contribution is 2.13. The first-order chi connectivity index (χ1) is 7.04. The van der Waals surface area contributed by atoms with Gasteiger partial charge in [-0.15, -0.1) is 0 Å². The average molecular weight is 227 g/mol. The van der Waals surface area contributed by atoms with Crippen molar-refractivity contribution < 1.29 is 0 Å². The third-order valence-corrected chi connectivity index (χ3v) is 2.46. The number of aromatic nitrogens is 2. The summed E-state index contributed by atoms with van der Waals surface area (Å²) >= 11 is 5.88. The Bertz CT molecular complexity index is 364. The molecule has 0 bridgehead atoms. The standard InChI is InChI=1S/C10H15ClN4/c1-7(2)14-9(4-12)6-15-8(3)10(11)5-13-15/h5,7,9,14H,6H2,1-3H3. The number of rotatable bonds is 4. The van der Waals surface area contributed by atoms with Crippen LogP contribution in [-0.2, 0) is 6.54 Å². The monoisotopic (exact) mass is 226 g/mol. The highest BCUT2D eigenvalue weighted by molar-refractivity contribution is 6.31. The summed E-state index contributed by atoms with van der Waals surface area (Å²) < 4.78 is 1.74. The summed E-state index contributed by atoms with van der Waals surface area (Å²) in [6, 6.07) is 2.25. The number of nitrogens with one attached hydrogen (secondary N) is 1. The summed E-state index contributed by atoms with van der Waals surface area (Å²) in [4.78, 5) is 0. The Morgan fingerprint density at radius 2 is 2.33 bits per heavy atom. The van der Waals surface area contributed by atoms with E-state index in [4.69, 9.17) is 16.9 Å². The van der Waals surface area contributed by atoms with E-state index in [-0.39, 0.29) is 12.1 Å². The second kappa shape index (κ2) is 5.15. The van der Waals surface area contributed by atoms with Crippen LogP contribution in [0.5, 0.6) is 0 Å². The van der Waals surface area contributed by atoms with Crippen molar-refractivity contribution in [3.63, 3.8) is 0 Å². The quantitative estimate of drug-likeness (QED) is 0.851. The van der Waals surface area contributed by atoms with Gasteiger partial charge in [0.1, 0.15) is 6.04 Å². The normalized spacial score (nSPS) is 12.8. The molecular formula is C10H15ClN4. The van der Waals surface area contributed by atoms with Gasteiger partial charge in [0.25, 0.3) is 0 Å². The molecule has 1 N–H and O–H groups in total. The van der Waals surface area contributed by atoms with Crippen molar-refractivity contribution in [2.24, 2.45) is 0 Å². The van der Waals surface area contributed by atoms with Crippen LogP contribution < -0.4 is 5.32 Å². The highest BCUT2D eigenvalue weighted by atomic mass is 35.5. The summed E-state index contributed by atoms with van der Waals surface area (Å²) in [5, 5.41) is 16.8. The van der Waals surface area contributed by atoms with E-state index in [0.717, 1.165) is 5.69 Å². The van der Waals surface area contributed by atoms with Crippen LogP contribution in [0, 0.1) is 18.3 Å². The first-order valence-electron chi connectivity index (χ1n) is 4.88. The molecule has 0 saturated carbocycles. The summed E-state index contributed by atoms with van der Waals surface area (Å²) in [5.41, 5.74) is 0.891. The molecule has 0 radical (unpaired) electrons. The van der Waals surface area contributed by atoms with Gasteiger partial charge in [0, 0.05) is 6.04 Å². The van der Waals surface area contributed by atoms with Crippen LogP contribution in [0.1, 0.15) is 19.5 Å². The summed E-state index contributed by atoms with van der Waals surface area (Å²) in [7, 11) is 0. The number of nitriles is 1. The Labute approximate surface area is 94.8 Å². The second-order valence-electron chi connectivity index (χ2n) is 3.76. The van der Waals surface area contributed by atoms with Crippen molar-refractivity contribution in [3.8, 4) is 6.07 Å². The van der Waals surface area contributed by atoms with Crippen LogP contribution in [0.25, 0.3) is 0 Å². The lowest BCUT2D eigenvalue weighted by Gasteiger charge is -2.15. The van der Waals surface area contributed by atoms with Crippen molar-refractivity contribution in [2.75, 3.05) is 0 Å². The van der Waals surface area contributed by atoms with Crippen molar-refractivity contribution in [3.05, 3.63) is 16.9 Å². The van der Waals surface area contributed by atoms with Crippen LogP contribution >= 0.6 is 11.6 Å². The van der Waals surface area contributed by atoms with Crippen LogP contribution in [0.15, 0.2) is 6.20 Å². The number of nitrogens with zero attached hydrogens (tertiary/aromatic N) is 3. The zero-order chi connectivity index (χ0) is 11.4. The molecule has 0 aliphatic rings. The van der Waals surface area contributed by atoms with E-state index in [0.29, 0.717) is 11.6 Å². The van der Waals surface area contributed by atoms with Gasteiger partial charge in [-0.25, -0.2) is 0 Å². The maximum absolute atomic E-state index is 8.95. The molecule has 0 aliphatic heterocycles. The van der Waals surface area contributed by atoms with Gasteiger partial charge in [-0.1, -0.05) is 11.6 Å². The van der Waals surface area contributed by atoms with E-state index in [1.807, 2.05) is 20.8 Å². The van der Waals surface area contributed by atoms with Gasteiger partial charge >= 0.3 is 0 Å². The van der Waals surface area contributed by atoms with E-state index in [9.17, 15) is 0 Å². The SMILES string of the molecule is Cc1c(Cl)cnn1CC(C#N)NC(C)C. The van der Waals surface area contributed by atoms with Crippen molar-refractivity contribution >= 4 is 11.6 Å². The summed E-state index contributed by atoms with van der Waals surface area (Å²) in [5.74, 6) is 0. The molecule has 1 aromatic rings. The third kappa shape index (κ3) is 3.22. The zero-order valence-corrected chi connectivity index (χ0v) is 9.91. The summed E-state index contributed by atoms with van der Waals surface area (Å²) in [6.45, 7) is 6.42. The molecule has 1 atom stereocenters. The van der Waals surface area contributed by atoms with Crippen LogP contribution in [0.3, 0.4) is 0 Å². The number of hydrogen-bond donors (Lipinski definition) is 1. The molecule has 0 spiro atoms. The topological polar surface area (TPSA) is 53.6 Å². The lowest BCUT2D eigenvalue weighted by Crippen LogP contribution is -2.37. The van der Waals surface area contributed by atoms with Gasteiger partial charge < -0.3 is 0 Å². The minimum Gasteiger partial charge on any atom is -0.298 e. The van der Waals surface area contributed by atoms with E-state index < -0.39 is 0 Å². The van der Waals surface area contributed by atoms with Gasteiger partial charge in [0.2, 0.25) is 0 Å². The van der Waals surface area contributed by atoms with Gasteiger partial charge in [0.05, 0.1) is 29.5 Å². The fraction of sp³-hybridized carbons (Fsp3) is 0.600. The smallest absolute Gasteiger partial charge is 0.115 e. The molecule has 1 rings (SSSR count). The molecule has 4 nitrogen and oxygen atoms in total. The van der Waals surface area contributed by atoms with Crippen LogP contribution in [-0.4, -0.2) is 21.9 Å². The largest absolute Gasteiger partial charge is 0.298 e.